The Morgan fingerprint density at radius 2 is 2.08 bits per heavy atom. The average Bonchev–Trinajstić information content (AvgIpc) is 2.08. The highest BCUT2D eigenvalue weighted by atomic mass is 19.1. The molecule has 0 bridgehead atoms. The fraction of sp³-hybridized carbons (Fsp3) is 0.100. The summed E-state index contributed by atoms with van der Waals surface area (Å²) in [5.74, 6) is -0.177. The van der Waals surface area contributed by atoms with E-state index in [1.807, 2.05) is 0 Å². The van der Waals surface area contributed by atoms with Gasteiger partial charge in [0, 0.05) is 11.5 Å². The zero-order valence-electron chi connectivity index (χ0n) is 7.08. The summed E-state index contributed by atoms with van der Waals surface area (Å²) in [6.07, 6.45) is 0. The van der Waals surface area contributed by atoms with Crippen LogP contribution in [0.2, 0.25) is 0 Å². The van der Waals surface area contributed by atoms with Gasteiger partial charge in [0.05, 0.1) is 11.2 Å². The number of hydrogen-bond acceptors (Lipinski definition) is 2. The monoisotopic (exact) mass is 177 g/mol. The van der Waals surface area contributed by atoms with Crippen LogP contribution in [0.1, 0.15) is 5.69 Å². The smallest absolute Gasteiger partial charge is 0.137 e. The van der Waals surface area contributed by atoms with Crippen LogP contribution in [-0.2, 0) is 0 Å². The molecule has 1 N–H and O–H groups in total. The fourth-order valence-corrected chi connectivity index (χ4v) is 1.23. The van der Waals surface area contributed by atoms with Gasteiger partial charge in [0.2, 0.25) is 0 Å². The number of rotatable bonds is 0. The predicted molar refractivity (Wildman–Crippen MR) is 48.1 cm³/mol. The quantitative estimate of drug-likeness (QED) is 0.670. The lowest BCUT2D eigenvalue weighted by Gasteiger charge is -2.01. The summed E-state index contributed by atoms with van der Waals surface area (Å²) in [6, 6.07) is 5.87. The molecule has 0 saturated carbocycles. The Morgan fingerprint density at radius 1 is 1.31 bits per heavy atom. The summed E-state index contributed by atoms with van der Waals surface area (Å²) in [5, 5.41) is 10.1. The maximum Gasteiger partial charge on any atom is 0.137 e. The van der Waals surface area contributed by atoms with Crippen LogP contribution in [0.4, 0.5) is 4.39 Å². The Bertz CT molecular complexity index is 468. The van der Waals surface area contributed by atoms with Crippen LogP contribution in [0, 0.1) is 12.7 Å². The summed E-state index contributed by atoms with van der Waals surface area (Å²) in [5.41, 5.74) is 1.08. The average molecular weight is 177 g/mol. The number of aryl methyl sites for hydroxylation is 1. The highest BCUT2D eigenvalue weighted by Gasteiger charge is 2.01. The van der Waals surface area contributed by atoms with Gasteiger partial charge in [-0.05, 0) is 25.1 Å². The first-order chi connectivity index (χ1) is 6.16. The maximum atomic E-state index is 12.8. The van der Waals surface area contributed by atoms with Crippen molar-refractivity contribution in [1.82, 2.24) is 4.98 Å². The number of nitrogens with zero attached hydrogens (tertiary/aromatic N) is 1. The number of halogens is 1. The zero-order valence-corrected chi connectivity index (χ0v) is 7.08. The number of hydrogen-bond donors (Lipinski definition) is 1. The predicted octanol–water partition coefficient (Wildman–Crippen LogP) is 2.39. The van der Waals surface area contributed by atoms with E-state index in [0.717, 1.165) is 5.39 Å². The van der Waals surface area contributed by atoms with Crippen LogP contribution < -0.4 is 0 Å². The molecule has 0 aliphatic rings. The van der Waals surface area contributed by atoms with Crippen molar-refractivity contribution in [1.29, 1.82) is 0 Å². The third-order valence-corrected chi connectivity index (χ3v) is 1.94. The second-order valence-electron chi connectivity index (χ2n) is 2.93. The van der Waals surface area contributed by atoms with Gasteiger partial charge in [-0.3, -0.25) is 0 Å². The first-order valence-corrected chi connectivity index (χ1v) is 3.93. The molecule has 0 amide bonds. The van der Waals surface area contributed by atoms with Gasteiger partial charge in [0.1, 0.15) is 11.6 Å². The molecule has 3 heteroatoms. The largest absolute Gasteiger partial charge is 0.506 e. The van der Waals surface area contributed by atoms with E-state index in [9.17, 15) is 9.50 Å². The fourth-order valence-electron chi connectivity index (χ4n) is 1.23. The Morgan fingerprint density at radius 3 is 2.85 bits per heavy atom. The van der Waals surface area contributed by atoms with E-state index < -0.39 is 0 Å². The van der Waals surface area contributed by atoms with Crippen LogP contribution in [0.5, 0.6) is 5.75 Å². The molecule has 2 nitrogen and oxygen atoms in total. The summed E-state index contributed by atoms with van der Waals surface area (Å²) < 4.78 is 12.8. The lowest BCUT2D eigenvalue weighted by atomic mass is 10.2. The second-order valence-corrected chi connectivity index (χ2v) is 2.93. The molecule has 13 heavy (non-hydrogen) atoms. The van der Waals surface area contributed by atoms with Crippen molar-refractivity contribution in [3.05, 3.63) is 35.8 Å². The number of benzene rings is 1. The molecule has 2 rings (SSSR count). The van der Waals surface area contributed by atoms with Crippen molar-refractivity contribution in [2.45, 2.75) is 6.92 Å². The molecule has 0 atom stereocenters. The molecule has 1 aromatic carbocycles. The van der Waals surface area contributed by atoms with Gasteiger partial charge in [-0.15, -0.1) is 0 Å². The number of fused-ring (bicyclic) bond motifs is 1. The van der Waals surface area contributed by atoms with Gasteiger partial charge in [0.25, 0.3) is 0 Å². The van der Waals surface area contributed by atoms with E-state index in [2.05, 4.69) is 4.98 Å². The van der Waals surface area contributed by atoms with E-state index in [-0.39, 0.29) is 11.6 Å². The highest BCUT2D eigenvalue weighted by molar-refractivity contribution is 5.80. The van der Waals surface area contributed by atoms with Crippen LogP contribution in [-0.4, -0.2) is 10.1 Å². The molecule has 1 heterocycles. The first kappa shape index (κ1) is 7.98. The zero-order chi connectivity index (χ0) is 9.42. The molecular formula is C10H8FNO. The lowest BCUT2D eigenvalue weighted by Crippen LogP contribution is -1.85. The van der Waals surface area contributed by atoms with Crippen LogP contribution >= 0.6 is 0 Å². The Labute approximate surface area is 74.7 Å². The Kier molecular flexibility index (Phi) is 1.65. The minimum atomic E-state index is -0.315. The van der Waals surface area contributed by atoms with Gasteiger partial charge in [-0.25, -0.2) is 9.37 Å². The van der Waals surface area contributed by atoms with Crippen molar-refractivity contribution >= 4 is 10.9 Å². The first-order valence-electron chi connectivity index (χ1n) is 3.93. The van der Waals surface area contributed by atoms with Crippen molar-refractivity contribution in [2.24, 2.45) is 0 Å². The van der Waals surface area contributed by atoms with E-state index in [4.69, 9.17) is 0 Å². The van der Waals surface area contributed by atoms with Gasteiger partial charge in [-0.2, -0.15) is 0 Å². The minimum Gasteiger partial charge on any atom is -0.506 e. The Hall–Kier alpha value is -1.64. The van der Waals surface area contributed by atoms with Crippen molar-refractivity contribution in [2.75, 3.05) is 0 Å². The molecule has 0 aliphatic heterocycles. The standard InChI is InChI=1S/C10H8FNO/c1-6-10(13)4-7-2-3-8(11)5-9(7)12-6/h2-5,13H,1H3. The van der Waals surface area contributed by atoms with E-state index in [1.54, 1.807) is 19.1 Å². The summed E-state index contributed by atoms with van der Waals surface area (Å²) >= 11 is 0. The number of aromatic hydroxyl groups is 1. The molecule has 0 unspecified atom stereocenters. The van der Waals surface area contributed by atoms with E-state index in [0.29, 0.717) is 11.2 Å². The van der Waals surface area contributed by atoms with E-state index >= 15 is 0 Å². The summed E-state index contributed by atoms with van der Waals surface area (Å²) in [4.78, 5) is 4.05. The van der Waals surface area contributed by atoms with Gasteiger partial charge in [0.15, 0.2) is 0 Å². The molecule has 66 valence electrons. The molecule has 0 spiro atoms. The number of pyridine rings is 1. The normalized spacial score (nSPS) is 10.6. The van der Waals surface area contributed by atoms with Crippen molar-refractivity contribution < 1.29 is 9.50 Å². The molecule has 2 aromatic rings. The van der Waals surface area contributed by atoms with Crippen LogP contribution in [0.25, 0.3) is 10.9 Å². The van der Waals surface area contributed by atoms with Crippen LogP contribution in [0.15, 0.2) is 24.3 Å². The van der Waals surface area contributed by atoms with Gasteiger partial charge >= 0.3 is 0 Å². The molecule has 0 fully saturated rings. The third kappa shape index (κ3) is 1.33. The lowest BCUT2D eigenvalue weighted by molar-refractivity contribution is 0.469. The Balaban J connectivity index is 2.81. The maximum absolute atomic E-state index is 12.8. The van der Waals surface area contributed by atoms with Crippen molar-refractivity contribution in [3.8, 4) is 5.75 Å². The number of aromatic nitrogens is 1. The summed E-state index contributed by atoms with van der Waals surface area (Å²) in [6.45, 7) is 1.68. The molecule has 0 radical (unpaired) electrons. The van der Waals surface area contributed by atoms with Crippen molar-refractivity contribution in [3.63, 3.8) is 0 Å². The van der Waals surface area contributed by atoms with Crippen LogP contribution in [0.3, 0.4) is 0 Å². The topological polar surface area (TPSA) is 33.1 Å². The molecule has 0 saturated heterocycles. The third-order valence-electron chi connectivity index (χ3n) is 1.94. The molecule has 1 aromatic heterocycles. The molecular weight excluding hydrogens is 169 g/mol. The minimum absolute atomic E-state index is 0.138. The van der Waals surface area contributed by atoms with Gasteiger partial charge in [-0.1, -0.05) is 0 Å². The SMILES string of the molecule is Cc1nc2cc(F)ccc2cc1O. The molecule has 0 aliphatic carbocycles. The second kappa shape index (κ2) is 2.69. The highest BCUT2D eigenvalue weighted by Crippen LogP contribution is 2.21. The summed E-state index contributed by atoms with van der Waals surface area (Å²) in [7, 11) is 0. The van der Waals surface area contributed by atoms with Gasteiger partial charge < -0.3 is 5.11 Å². The van der Waals surface area contributed by atoms with E-state index in [1.165, 1.54) is 12.1 Å².